The van der Waals surface area contributed by atoms with Crippen LogP contribution in [0.5, 0.6) is 0 Å². The maximum Gasteiger partial charge on any atom is 0.0978 e. The van der Waals surface area contributed by atoms with Crippen molar-refractivity contribution in [1.82, 2.24) is 5.43 Å². The molecule has 1 aromatic carbocycles. The zero-order valence-electron chi connectivity index (χ0n) is 11.1. The van der Waals surface area contributed by atoms with E-state index in [0.29, 0.717) is 19.8 Å². The molecule has 1 saturated heterocycles. The fraction of sp³-hybridized carbons (Fsp3) is 0.571. The quantitative estimate of drug-likeness (QED) is 0.620. The lowest BCUT2D eigenvalue weighted by molar-refractivity contribution is -0.101. The lowest BCUT2D eigenvalue weighted by Crippen LogP contribution is -2.50. The number of ether oxygens (including phenoxy) is 2. The van der Waals surface area contributed by atoms with Crippen molar-refractivity contribution in [3.8, 4) is 0 Å². The first kappa shape index (κ1) is 13.5. The van der Waals surface area contributed by atoms with Crippen LogP contribution < -0.4 is 11.3 Å². The molecule has 1 aliphatic rings. The number of aryl methyl sites for hydroxylation is 2. The largest absolute Gasteiger partial charge is 0.376 e. The van der Waals surface area contributed by atoms with E-state index in [1.807, 2.05) is 0 Å². The van der Waals surface area contributed by atoms with Crippen LogP contribution in [0, 0.1) is 13.8 Å². The summed E-state index contributed by atoms with van der Waals surface area (Å²) in [5.74, 6) is 5.65. The molecule has 4 heteroatoms. The fourth-order valence-corrected chi connectivity index (χ4v) is 2.29. The zero-order chi connectivity index (χ0) is 13.0. The Morgan fingerprint density at radius 1 is 1.39 bits per heavy atom. The first-order valence-corrected chi connectivity index (χ1v) is 6.42. The van der Waals surface area contributed by atoms with Crippen molar-refractivity contribution in [2.45, 2.75) is 32.4 Å². The molecule has 2 atom stereocenters. The molecule has 0 saturated carbocycles. The Kier molecular flexibility index (Phi) is 4.72. The summed E-state index contributed by atoms with van der Waals surface area (Å²) in [4.78, 5) is 0. The summed E-state index contributed by atoms with van der Waals surface area (Å²) in [5, 5.41) is 0. The monoisotopic (exact) mass is 250 g/mol. The SMILES string of the molecule is Cc1ccc(C)c(CC(NN)C2COCCO2)c1. The van der Waals surface area contributed by atoms with E-state index in [4.69, 9.17) is 15.3 Å². The molecule has 2 unspecified atom stereocenters. The summed E-state index contributed by atoms with van der Waals surface area (Å²) in [5.41, 5.74) is 6.73. The summed E-state index contributed by atoms with van der Waals surface area (Å²) in [6, 6.07) is 6.58. The van der Waals surface area contributed by atoms with Crippen molar-refractivity contribution >= 4 is 0 Å². The van der Waals surface area contributed by atoms with Gasteiger partial charge >= 0.3 is 0 Å². The summed E-state index contributed by atoms with van der Waals surface area (Å²) in [7, 11) is 0. The van der Waals surface area contributed by atoms with E-state index in [1.165, 1.54) is 16.7 Å². The van der Waals surface area contributed by atoms with Gasteiger partial charge in [-0.15, -0.1) is 0 Å². The molecule has 100 valence electrons. The summed E-state index contributed by atoms with van der Waals surface area (Å²) < 4.78 is 11.1. The average Bonchev–Trinajstić information content (AvgIpc) is 2.41. The molecule has 2 rings (SSSR count). The molecule has 4 nitrogen and oxygen atoms in total. The van der Waals surface area contributed by atoms with Crippen molar-refractivity contribution in [2.24, 2.45) is 5.84 Å². The smallest absolute Gasteiger partial charge is 0.0978 e. The molecular formula is C14H22N2O2. The van der Waals surface area contributed by atoms with Crippen LogP contribution >= 0.6 is 0 Å². The van der Waals surface area contributed by atoms with E-state index in [1.54, 1.807) is 0 Å². The maximum atomic E-state index is 5.71. The van der Waals surface area contributed by atoms with Crippen LogP contribution in [0.1, 0.15) is 16.7 Å². The van der Waals surface area contributed by atoms with Crippen LogP contribution in [0.3, 0.4) is 0 Å². The second kappa shape index (κ2) is 6.29. The highest BCUT2D eigenvalue weighted by molar-refractivity contribution is 5.31. The van der Waals surface area contributed by atoms with Gasteiger partial charge < -0.3 is 9.47 Å². The number of nitrogens with two attached hydrogens (primary N) is 1. The van der Waals surface area contributed by atoms with E-state index in [0.717, 1.165) is 6.42 Å². The Hall–Kier alpha value is -0.940. The van der Waals surface area contributed by atoms with Crippen LogP contribution in [-0.2, 0) is 15.9 Å². The van der Waals surface area contributed by atoms with Gasteiger partial charge in [-0.05, 0) is 31.4 Å². The van der Waals surface area contributed by atoms with Crippen LogP contribution in [-0.4, -0.2) is 32.0 Å². The van der Waals surface area contributed by atoms with Gasteiger partial charge in [-0.25, -0.2) is 0 Å². The summed E-state index contributed by atoms with van der Waals surface area (Å²) in [6.45, 7) is 6.17. The Morgan fingerprint density at radius 2 is 2.22 bits per heavy atom. The lowest BCUT2D eigenvalue weighted by atomic mass is 9.96. The Morgan fingerprint density at radius 3 is 2.89 bits per heavy atom. The standard InChI is InChI=1S/C14H22N2O2/c1-10-3-4-11(2)12(7-10)8-13(16-15)14-9-17-5-6-18-14/h3-4,7,13-14,16H,5-6,8-9,15H2,1-2H3. The van der Waals surface area contributed by atoms with Gasteiger partial charge in [0, 0.05) is 0 Å². The predicted molar refractivity (Wildman–Crippen MR) is 71.3 cm³/mol. The third kappa shape index (κ3) is 3.29. The zero-order valence-corrected chi connectivity index (χ0v) is 11.1. The van der Waals surface area contributed by atoms with Crippen LogP contribution in [0.4, 0.5) is 0 Å². The van der Waals surface area contributed by atoms with E-state index in [2.05, 4.69) is 37.5 Å². The molecule has 0 amide bonds. The highest BCUT2D eigenvalue weighted by Gasteiger charge is 2.24. The minimum Gasteiger partial charge on any atom is -0.376 e. The number of rotatable bonds is 4. The van der Waals surface area contributed by atoms with Gasteiger partial charge in [0.15, 0.2) is 0 Å². The van der Waals surface area contributed by atoms with Gasteiger partial charge in [-0.1, -0.05) is 23.8 Å². The Labute approximate surface area is 108 Å². The van der Waals surface area contributed by atoms with Crippen molar-refractivity contribution < 1.29 is 9.47 Å². The number of hydrogen-bond donors (Lipinski definition) is 2. The molecule has 1 aromatic rings. The fourth-order valence-electron chi connectivity index (χ4n) is 2.29. The van der Waals surface area contributed by atoms with Crippen LogP contribution in [0.25, 0.3) is 0 Å². The molecule has 1 fully saturated rings. The normalized spacial score (nSPS) is 21.8. The van der Waals surface area contributed by atoms with Crippen LogP contribution in [0.15, 0.2) is 18.2 Å². The topological polar surface area (TPSA) is 56.5 Å². The molecule has 1 heterocycles. The Balaban J connectivity index is 2.06. The summed E-state index contributed by atoms with van der Waals surface area (Å²) >= 11 is 0. The van der Waals surface area contributed by atoms with Gasteiger partial charge in [-0.3, -0.25) is 11.3 Å². The predicted octanol–water partition coefficient (Wildman–Crippen LogP) is 1.09. The maximum absolute atomic E-state index is 5.71. The van der Waals surface area contributed by atoms with E-state index < -0.39 is 0 Å². The first-order valence-electron chi connectivity index (χ1n) is 6.42. The highest BCUT2D eigenvalue weighted by atomic mass is 16.6. The van der Waals surface area contributed by atoms with Gasteiger partial charge in [0.1, 0.15) is 0 Å². The van der Waals surface area contributed by atoms with Gasteiger partial charge in [0.05, 0.1) is 32.0 Å². The minimum atomic E-state index is 0.0312. The number of hydrazine groups is 1. The van der Waals surface area contributed by atoms with Crippen molar-refractivity contribution in [3.05, 3.63) is 34.9 Å². The molecule has 18 heavy (non-hydrogen) atoms. The van der Waals surface area contributed by atoms with Gasteiger partial charge in [0.2, 0.25) is 0 Å². The van der Waals surface area contributed by atoms with Gasteiger partial charge in [-0.2, -0.15) is 0 Å². The lowest BCUT2D eigenvalue weighted by Gasteiger charge is -2.30. The molecular weight excluding hydrogens is 228 g/mol. The Bertz CT molecular complexity index is 389. The third-order valence-electron chi connectivity index (χ3n) is 3.45. The van der Waals surface area contributed by atoms with Crippen molar-refractivity contribution in [1.29, 1.82) is 0 Å². The second-order valence-corrected chi connectivity index (χ2v) is 4.89. The third-order valence-corrected chi connectivity index (χ3v) is 3.45. The van der Waals surface area contributed by atoms with Crippen molar-refractivity contribution in [2.75, 3.05) is 19.8 Å². The minimum absolute atomic E-state index is 0.0312. The summed E-state index contributed by atoms with van der Waals surface area (Å²) in [6.07, 6.45) is 0.890. The molecule has 3 N–H and O–H groups in total. The molecule has 0 spiro atoms. The number of benzene rings is 1. The number of hydrogen-bond acceptors (Lipinski definition) is 4. The molecule has 0 aromatic heterocycles. The molecule has 0 bridgehead atoms. The van der Waals surface area contributed by atoms with Crippen LogP contribution in [0.2, 0.25) is 0 Å². The number of nitrogens with one attached hydrogen (secondary N) is 1. The first-order chi connectivity index (χ1) is 8.70. The van der Waals surface area contributed by atoms with Gasteiger partial charge in [0.25, 0.3) is 0 Å². The molecule has 1 aliphatic heterocycles. The van der Waals surface area contributed by atoms with E-state index in [9.17, 15) is 0 Å². The van der Waals surface area contributed by atoms with E-state index in [-0.39, 0.29) is 12.1 Å². The molecule has 0 radical (unpaired) electrons. The van der Waals surface area contributed by atoms with Crippen molar-refractivity contribution in [3.63, 3.8) is 0 Å². The second-order valence-electron chi connectivity index (χ2n) is 4.89. The molecule has 0 aliphatic carbocycles. The van der Waals surface area contributed by atoms with E-state index >= 15 is 0 Å². The highest BCUT2D eigenvalue weighted by Crippen LogP contribution is 2.16. The average molecular weight is 250 g/mol.